The molecule has 2 heterocycles. The van der Waals surface area contributed by atoms with Gasteiger partial charge in [-0.1, -0.05) is 60.2 Å². The summed E-state index contributed by atoms with van der Waals surface area (Å²) in [5.74, 6) is -0.564. The van der Waals surface area contributed by atoms with E-state index >= 15 is 0 Å². The number of nitrogens with one attached hydrogen (secondary N) is 1. The van der Waals surface area contributed by atoms with Crippen LogP contribution in [-0.4, -0.2) is 21.9 Å². The SMILES string of the molecule is Cc1ccc(-c2nn(CC(=O)N/N=C/c3coc4ccccc4c3=O)c(=O)c3ccccc23)cc1. The summed E-state index contributed by atoms with van der Waals surface area (Å²) in [5.41, 5.74) is 4.89. The number of aryl methyl sites for hydroxylation is 1. The molecule has 1 amide bonds. The number of hydrazone groups is 1. The second kappa shape index (κ2) is 9.18. The van der Waals surface area contributed by atoms with E-state index in [0.29, 0.717) is 27.4 Å². The molecule has 0 radical (unpaired) electrons. The molecule has 172 valence electrons. The van der Waals surface area contributed by atoms with E-state index in [1.807, 2.05) is 43.3 Å². The molecule has 0 bridgehead atoms. The topological polar surface area (TPSA) is 107 Å². The third-order valence-electron chi connectivity index (χ3n) is 5.59. The van der Waals surface area contributed by atoms with Crippen LogP contribution in [0.5, 0.6) is 0 Å². The highest BCUT2D eigenvalue weighted by molar-refractivity contribution is 5.94. The number of fused-ring (bicyclic) bond motifs is 2. The fourth-order valence-corrected chi connectivity index (χ4v) is 3.79. The maximum Gasteiger partial charge on any atom is 0.275 e. The first kappa shape index (κ1) is 22.0. The minimum absolute atomic E-state index is 0.187. The zero-order valence-electron chi connectivity index (χ0n) is 18.8. The van der Waals surface area contributed by atoms with E-state index in [9.17, 15) is 14.4 Å². The Kier molecular flexibility index (Phi) is 5.76. The molecule has 0 saturated heterocycles. The lowest BCUT2D eigenvalue weighted by Crippen LogP contribution is -2.32. The van der Waals surface area contributed by atoms with Crippen LogP contribution in [0.4, 0.5) is 0 Å². The summed E-state index contributed by atoms with van der Waals surface area (Å²) < 4.78 is 6.55. The number of nitrogens with zero attached hydrogens (tertiary/aromatic N) is 3. The quantitative estimate of drug-likeness (QED) is 0.316. The van der Waals surface area contributed by atoms with Gasteiger partial charge in [0.2, 0.25) is 5.43 Å². The van der Waals surface area contributed by atoms with E-state index in [1.165, 1.54) is 12.5 Å². The second-order valence-electron chi connectivity index (χ2n) is 8.03. The Balaban J connectivity index is 1.41. The molecule has 35 heavy (non-hydrogen) atoms. The van der Waals surface area contributed by atoms with Crippen LogP contribution in [-0.2, 0) is 11.3 Å². The van der Waals surface area contributed by atoms with Gasteiger partial charge < -0.3 is 4.42 Å². The number of carbonyl (C=O) groups is 1. The molecule has 0 aliphatic carbocycles. The number of amides is 1. The van der Waals surface area contributed by atoms with Crippen molar-refractivity contribution in [3.05, 3.63) is 111 Å². The van der Waals surface area contributed by atoms with Crippen LogP contribution in [0.15, 0.2) is 98.2 Å². The highest BCUT2D eigenvalue weighted by Crippen LogP contribution is 2.24. The Morgan fingerprint density at radius 2 is 1.66 bits per heavy atom. The first-order valence-electron chi connectivity index (χ1n) is 10.9. The van der Waals surface area contributed by atoms with Gasteiger partial charge in [0.25, 0.3) is 11.5 Å². The molecule has 0 unspecified atom stereocenters. The Bertz CT molecular complexity index is 1720. The third-order valence-corrected chi connectivity index (χ3v) is 5.59. The van der Waals surface area contributed by atoms with Crippen molar-refractivity contribution in [1.29, 1.82) is 0 Å². The van der Waals surface area contributed by atoms with Crippen molar-refractivity contribution in [3.63, 3.8) is 0 Å². The lowest BCUT2D eigenvalue weighted by molar-refractivity contribution is -0.121. The summed E-state index contributed by atoms with van der Waals surface area (Å²) in [4.78, 5) is 38.1. The Hall–Kier alpha value is -4.85. The van der Waals surface area contributed by atoms with Gasteiger partial charge in [-0.2, -0.15) is 10.2 Å². The van der Waals surface area contributed by atoms with Crippen LogP contribution in [0, 0.1) is 6.92 Å². The number of hydrogen-bond donors (Lipinski definition) is 1. The first-order chi connectivity index (χ1) is 17.0. The highest BCUT2D eigenvalue weighted by atomic mass is 16.3. The van der Waals surface area contributed by atoms with Gasteiger partial charge in [-0.05, 0) is 25.1 Å². The Morgan fingerprint density at radius 1 is 0.971 bits per heavy atom. The number of aromatic nitrogens is 2. The molecule has 2 aromatic heterocycles. The normalized spacial score (nSPS) is 11.3. The Morgan fingerprint density at radius 3 is 2.43 bits per heavy atom. The van der Waals surface area contributed by atoms with Crippen LogP contribution < -0.4 is 16.4 Å². The predicted octanol–water partition coefficient (Wildman–Crippen LogP) is 3.63. The molecule has 8 heteroatoms. The largest absolute Gasteiger partial charge is 0.463 e. The minimum atomic E-state index is -0.564. The van der Waals surface area contributed by atoms with Crippen LogP contribution in [0.3, 0.4) is 0 Å². The van der Waals surface area contributed by atoms with E-state index in [1.54, 1.807) is 36.4 Å². The predicted molar refractivity (Wildman–Crippen MR) is 134 cm³/mol. The lowest BCUT2D eigenvalue weighted by Gasteiger charge is -2.11. The number of carbonyl (C=O) groups excluding carboxylic acids is 1. The van der Waals surface area contributed by atoms with Crippen molar-refractivity contribution < 1.29 is 9.21 Å². The van der Waals surface area contributed by atoms with E-state index < -0.39 is 5.91 Å². The zero-order chi connectivity index (χ0) is 24.4. The molecule has 8 nitrogen and oxygen atoms in total. The molecular weight excluding hydrogens is 444 g/mol. The highest BCUT2D eigenvalue weighted by Gasteiger charge is 2.14. The van der Waals surface area contributed by atoms with Gasteiger partial charge in [0.15, 0.2) is 0 Å². The molecule has 0 aliphatic heterocycles. The van der Waals surface area contributed by atoms with Crippen molar-refractivity contribution in [2.75, 3.05) is 0 Å². The maximum atomic E-state index is 13.0. The molecule has 0 spiro atoms. The lowest BCUT2D eigenvalue weighted by atomic mass is 10.0. The number of para-hydroxylation sites is 1. The fourth-order valence-electron chi connectivity index (χ4n) is 3.79. The summed E-state index contributed by atoms with van der Waals surface area (Å²) in [5, 5.41) is 9.93. The van der Waals surface area contributed by atoms with Gasteiger partial charge in [0.05, 0.1) is 28.2 Å². The molecule has 0 saturated carbocycles. The van der Waals surface area contributed by atoms with Crippen LogP contribution >= 0.6 is 0 Å². The summed E-state index contributed by atoms with van der Waals surface area (Å²) in [6.45, 7) is 1.65. The van der Waals surface area contributed by atoms with E-state index in [-0.39, 0.29) is 23.1 Å². The van der Waals surface area contributed by atoms with Gasteiger partial charge in [-0.25, -0.2) is 10.1 Å². The van der Waals surface area contributed by atoms with Crippen molar-refractivity contribution in [1.82, 2.24) is 15.2 Å². The monoisotopic (exact) mass is 464 g/mol. The number of rotatable bonds is 5. The second-order valence-corrected chi connectivity index (χ2v) is 8.03. The standard InChI is InChI=1S/C27H20N4O4/c1-17-10-12-18(13-11-17)25-20-6-2-3-7-21(20)27(34)31(30-25)15-24(32)29-28-14-19-16-35-23-9-5-4-8-22(23)26(19)33/h2-14,16H,15H2,1H3,(H,29,32)/b28-14+. The van der Waals surface area contributed by atoms with Gasteiger partial charge in [0.1, 0.15) is 18.4 Å². The van der Waals surface area contributed by atoms with Gasteiger partial charge >= 0.3 is 0 Å². The Labute approximate surface area is 199 Å². The molecular formula is C27H20N4O4. The van der Waals surface area contributed by atoms with Gasteiger partial charge in [-0.15, -0.1) is 0 Å². The van der Waals surface area contributed by atoms with Crippen molar-refractivity contribution in [2.45, 2.75) is 13.5 Å². The molecule has 5 rings (SSSR count). The van der Waals surface area contributed by atoms with E-state index in [0.717, 1.165) is 15.8 Å². The van der Waals surface area contributed by atoms with E-state index in [4.69, 9.17) is 4.42 Å². The minimum Gasteiger partial charge on any atom is -0.463 e. The average molecular weight is 464 g/mol. The van der Waals surface area contributed by atoms with E-state index in [2.05, 4.69) is 15.6 Å². The van der Waals surface area contributed by atoms with Crippen LogP contribution in [0.1, 0.15) is 11.1 Å². The van der Waals surface area contributed by atoms with Gasteiger partial charge in [-0.3, -0.25) is 14.4 Å². The first-order valence-corrected chi connectivity index (χ1v) is 10.9. The summed E-state index contributed by atoms with van der Waals surface area (Å²) in [6.07, 6.45) is 2.49. The average Bonchev–Trinajstić information content (AvgIpc) is 2.88. The zero-order valence-corrected chi connectivity index (χ0v) is 18.8. The molecule has 1 N–H and O–H groups in total. The van der Waals surface area contributed by atoms with Crippen molar-refractivity contribution in [3.8, 4) is 11.3 Å². The smallest absolute Gasteiger partial charge is 0.275 e. The van der Waals surface area contributed by atoms with Crippen molar-refractivity contribution in [2.24, 2.45) is 5.10 Å². The number of hydrogen-bond acceptors (Lipinski definition) is 6. The number of benzene rings is 3. The van der Waals surface area contributed by atoms with Gasteiger partial charge in [0, 0.05) is 10.9 Å². The fraction of sp³-hybridized carbons (Fsp3) is 0.0741. The third kappa shape index (κ3) is 4.37. The molecule has 0 atom stereocenters. The summed E-state index contributed by atoms with van der Waals surface area (Å²) in [7, 11) is 0. The molecule has 0 fully saturated rings. The summed E-state index contributed by atoms with van der Waals surface area (Å²) in [6, 6.07) is 21.8. The molecule has 5 aromatic rings. The van der Waals surface area contributed by atoms with Crippen molar-refractivity contribution >= 4 is 33.9 Å². The van der Waals surface area contributed by atoms with Crippen LogP contribution in [0.25, 0.3) is 33.0 Å². The molecule has 0 aliphatic rings. The molecule has 3 aromatic carbocycles. The van der Waals surface area contributed by atoms with Crippen LogP contribution in [0.2, 0.25) is 0 Å². The maximum absolute atomic E-state index is 13.0. The summed E-state index contributed by atoms with van der Waals surface area (Å²) >= 11 is 0.